The molecule has 1 aliphatic rings. The first-order valence-corrected chi connectivity index (χ1v) is 10.1. The Hall–Kier alpha value is -3.87. The smallest absolute Gasteiger partial charge is 0.257 e. The second-order valence-corrected chi connectivity index (χ2v) is 7.41. The van der Waals surface area contributed by atoms with Crippen molar-refractivity contribution < 1.29 is 4.79 Å². The van der Waals surface area contributed by atoms with E-state index in [0.29, 0.717) is 11.4 Å². The lowest BCUT2D eigenvalue weighted by Gasteiger charge is -2.17. The van der Waals surface area contributed by atoms with Gasteiger partial charge in [0.25, 0.3) is 5.91 Å². The number of nitrogens with one attached hydrogen (secondary N) is 2. The monoisotopic (exact) mass is 398 g/mol. The third-order valence-electron chi connectivity index (χ3n) is 5.29. The van der Waals surface area contributed by atoms with E-state index >= 15 is 0 Å². The van der Waals surface area contributed by atoms with Crippen molar-refractivity contribution in [3.8, 4) is 0 Å². The van der Waals surface area contributed by atoms with Crippen molar-refractivity contribution in [2.75, 3.05) is 28.6 Å². The van der Waals surface area contributed by atoms with Crippen molar-refractivity contribution in [2.45, 2.75) is 12.8 Å². The zero-order chi connectivity index (χ0) is 20.3. The van der Waals surface area contributed by atoms with Gasteiger partial charge in [0.05, 0.1) is 17.4 Å². The topological polar surface area (TPSA) is 74.6 Å². The molecule has 150 valence electrons. The van der Waals surface area contributed by atoms with Crippen LogP contribution in [0.1, 0.15) is 23.2 Å². The number of aromatic nitrogens is 3. The van der Waals surface area contributed by atoms with Gasteiger partial charge in [-0.3, -0.25) is 4.79 Å². The lowest BCUT2D eigenvalue weighted by molar-refractivity contribution is 0.102. The first-order chi connectivity index (χ1) is 14.7. The molecule has 5 rings (SSSR count). The number of carbonyl (C=O) groups excluding carboxylic acids is 1. The normalized spacial score (nSPS) is 13.5. The fourth-order valence-electron chi connectivity index (χ4n) is 3.73. The SMILES string of the molecule is O=C(Nc1ccc(Nc2cc(N3CCCC3)cnn2)cc1)c1cc2ccccn2c1. The van der Waals surface area contributed by atoms with E-state index in [-0.39, 0.29) is 5.91 Å². The van der Waals surface area contributed by atoms with E-state index in [1.165, 1.54) is 12.8 Å². The predicted octanol–water partition coefficient (Wildman–Crippen LogP) is 4.33. The molecule has 0 unspecified atom stereocenters. The van der Waals surface area contributed by atoms with Gasteiger partial charge in [-0.15, -0.1) is 5.10 Å². The van der Waals surface area contributed by atoms with Crippen LogP contribution >= 0.6 is 0 Å². The van der Waals surface area contributed by atoms with Crippen LogP contribution in [0, 0.1) is 0 Å². The second kappa shape index (κ2) is 7.87. The highest BCUT2D eigenvalue weighted by Gasteiger charge is 2.13. The summed E-state index contributed by atoms with van der Waals surface area (Å²) in [5.74, 6) is 0.570. The van der Waals surface area contributed by atoms with Crippen molar-refractivity contribution >= 4 is 34.3 Å². The van der Waals surface area contributed by atoms with Gasteiger partial charge in [0, 0.05) is 48.4 Å². The zero-order valence-corrected chi connectivity index (χ0v) is 16.5. The molecule has 4 heterocycles. The first kappa shape index (κ1) is 18.2. The lowest BCUT2D eigenvalue weighted by Crippen LogP contribution is -2.18. The number of pyridine rings is 1. The van der Waals surface area contributed by atoms with Crippen molar-refractivity contribution in [3.63, 3.8) is 0 Å². The summed E-state index contributed by atoms with van der Waals surface area (Å²) in [4.78, 5) is 14.9. The predicted molar refractivity (Wildman–Crippen MR) is 119 cm³/mol. The van der Waals surface area contributed by atoms with E-state index in [9.17, 15) is 4.79 Å². The number of carbonyl (C=O) groups is 1. The fraction of sp³-hybridized carbons (Fsp3) is 0.174. The van der Waals surface area contributed by atoms with Crippen LogP contribution < -0.4 is 15.5 Å². The maximum Gasteiger partial charge on any atom is 0.257 e. The Kier molecular flexibility index (Phi) is 4.77. The van der Waals surface area contributed by atoms with Crippen molar-refractivity contribution in [1.82, 2.24) is 14.6 Å². The van der Waals surface area contributed by atoms with Crippen LogP contribution in [-0.2, 0) is 0 Å². The number of nitrogens with zero attached hydrogens (tertiary/aromatic N) is 4. The average molecular weight is 398 g/mol. The molecule has 0 radical (unpaired) electrons. The van der Waals surface area contributed by atoms with E-state index in [2.05, 4.69) is 25.7 Å². The summed E-state index contributed by atoms with van der Waals surface area (Å²) < 4.78 is 1.93. The Balaban J connectivity index is 1.25. The van der Waals surface area contributed by atoms with Crippen molar-refractivity contribution in [1.29, 1.82) is 0 Å². The molecule has 1 amide bonds. The van der Waals surface area contributed by atoms with Gasteiger partial charge in [0.2, 0.25) is 0 Å². The molecule has 1 fully saturated rings. The first-order valence-electron chi connectivity index (χ1n) is 10.1. The van der Waals surface area contributed by atoms with E-state index in [0.717, 1.165) is 35.7 Å². The highest BCUT2D eigenvalue weighted by molar-refractivity contribution is 6.05. The summed E-state index contributed by atoms with van der Waals surface area (Å²) in [6.45, 7) is 2.13. The zero-order valence-electron chi connectivity index (χ0n) is 16.5. The molecule has 0 saturated carbocycles. The van der Waals surface area contributed by atoms with E-state index in [4.69, 9.17) is 0 Å². The van der Waals surface area contributed by atoms with Crippen LogP contribution in [-0.4, -0.2) is 33.6 Å². The van der Waals surface area contributed by atoms with Gasteiger partial charge in [0.15, 0.2) is 5.82 Å². The van der Waals surface area contributed by atoms with Gasteiger partial charge in [-0.2, -0.15) is 5.10 Å². The van der Waals surface area contributed by atoms with Crippen LogP contribution in [0.5, 0.6) is 0 Å². The van der Waals surface area contributed by atoms with Gasteiger partial charge in [-0.05, 0) is 55.3 Å². The Bertz CT molecular complexity index is 1140. The van der Waals surface area contributed by atoms with E-state index in [1.54, 1.807) is 6.20 Å². The Morgan fingerprint density at radius 1 is 0.967 bits per heavy atom. The largest absolute Gasteiger partial charge is 0.370 e. The number of rotatable bonds is 5. The van der Waals surface area contributed by atoms with Gasteiger partial charge in [0.1, 0.15) is 0 Å². The fourth-order valence-corrected chi connectivity index (χ4v) is 3.73. The molecule has 2 N–H and O–H groups in total. The minimum Gasteiger partial charge on any atom is -0.370 e. The molecule has 3 aromatic heterocycles. The number of hydrogen-bond donors (Lipinski definition) is 2. The summed E-state index contributed by atoms with van der Waals surface area (Å²) >= 11 is 0. The summed E-state index contributed by atoms with van der Waals surface area (Å²) in [5, 5.41) is 14.5. The molecule has 1 aliphatic heterocycles. The molecular weight excluding hydrogens is 376 g/mol. The quantitative estimate of drug-likeness (QED) is 0.524. The number of anilines is 4. The highest BCUT2D eigenvalue weighted by Crippen LogP contribution is 2.23. The maximum absolute atomic E-state index is 12.6. The molecule has 0 atom stereocenters. The lowest BCUT2D eigenvalue weighted by atomic mass is 10.2. The average Bonchev–Trinajstić information content (AvgIpc) is 3.45. The molecule has 1 saturated heterocycles. The third-order valence-corrected chi connectivity index (χ3v) is 5.29. The van der Waals surface area contributed by atoms with Gasteiger partial charge in [-0.25, -0.2) is 0 Å². The van der Waals surface area contributed by atoms with E-state index < -0.39 is 0 Å². The summed E-state index contributed by atoms with van der Waals surface area (Å²) in [6.07, 6.45) is 8.00. The molecule has 7 heteroatoms. The third kappa shape index (κ3) is 3.82. The Morgan fingerprint density at radius 3 is 2.57 bits per heavy atom. The molecule has 0 spiro atoms. The van der Waals surface area contributed by atoms with Crippen LogP contribution in [0.15, 0.2) is 73.2 Å². The summed E-state index contributed by atoms with van der Waals surface area (Å²) in [5.41, 5.74) is 4.32. The van der Waals surface area contributed by atoms with Gasteiger partial charge >= 0.3 is 0 Å². The minimum absolute atomic E-state index is 0.136. The Morgan fingerprint density at radius 2 is 1.77 bits per heavy atom. The molecule has 0 bridgehead atoms. The van der Waals surface area contributed by atoms with Crippen molar-refractivity contribution in [2.24, 2.45) is 0 Å². The minimum atomic E-state index is -0.136. The number of amides is 1. The van der Waals surface area contributed by atoms with Crippen molar-refractivity contribution in [3.05, 3.63) is 78.8 Å². The number of benzene rings is 1. The molecule has 7 nitrogen and oxygen atoms in total. The van der Waals surface area contributed by atoms with Crippen LogP contribution in [0.2, 0.25) is 0 Å². The molecular formula is C23H22N6O. The maximum atomic E-state index is 12.6. The number of fused-ring (bicyclic) bond motifs is 1. The number of hydrogen-bond acceptors (Lipinski definition) is 5. The second-order valence-electron chi connectivity index (χ2n) is 7.41. The summed E-state index contributed by atoms with van der Waals surface area (Å²) in [6, 6.07) is 17.3. The summed E-state index contributed by atoms with van der Waals surface area (Å²) in [7, 11) is 0. The molecule has 0 aliphatic carbocycles. The van der Waals surface area contributed by atoms with Gasteiger partial charge in [-0.1, -0.05) is 6.07 Å². The standard InChI is InChI=1S/C23H22N6O/c30-23(17-13-20-5-1-2-12-29(20)16-17)26-19-8-6-18(7-9-19)25-22-14-21(15-24-27-22)28-10-3-4-11-28/h1-2,5-9,12-16H,3-4,10-11H2,(H,25,27)(H,26,30). The van der Waals surface area contributed by atoms with Crippen LogP contribution in [0.4, 0.5) is 22.9 Å². The molecule has 30 heavy (non-hydrogen) atoms. The van der Waals surface area contributed by atoms with Gasteiger partial charge < -0.3 is 19.9 Å². The van der Waals surface area contributed by atoms with E-state index in [1.807, 2.05) is 71.4 Å². The highest BCUT2D eigenvalue weighted by atomic mass is 16.1. The molecule has 1 aromatic carbocycles. The molecule has 4 aromatic rings. The Labute approximate surface area is 174 Å². The van der Waals surface area contributed by atoms with Crippen LogP contribution in [0.25, 0.3) is 5.52 Å². The van der Waals surface area contributed by atoms with Crippen LogP contribution in [0.3, 0.4) is 0 Å².